The van der Waals surface area contributed by atoms with Crippen molar-refractivity contribution in [2.24, 2.45) is 11.1 Å². The van der Waals surface area contributed by atoms with Crippen LogP contribution in [0.2, 0.25) is 0 Å². The average Bonchev–Trinajstić information content (AvgIpc) is 3.17. The number of amides is 1. The van der Waals surface area contributed by atoms with Gasteiger partial charge in [-0.05, 0) is 49.6 Å². The lowest BCUT2D eigenvalue weighted by atomic mass is 9.95. The van der Waals surface area contributed by atoms with Gasteiger partial charge in [0, 0.05) is 19.0 Å². The summed E-state index contributed by atoms with van der Waals surface area (Å²) in [6, 6.07) is 14.2. The minimum atomic E-state index is -3.73. The van der Waals surface area contributed by atoms with E-state index in [1.54, 1.807) is 12.1 Å². The fourth-order valence-corrected chi connectivity index (χ4v) is 4.20. The van der Waals surface area contributed by atoms with Gasteiger partial charge in [0.15, 0.2) is 5.58 Å². The Bertz CT molecular complexity index is 1120. The highest BCUT2D eigenvalue weighted by Crippen LogP contribution is 2.27. The number of para-hydroxylation sites is 2. The highest BCUT2D eigenvalue weighted by atomic mass is 32.2. The number of rotatable bonds is 5. The standard InChI is InChI=1S/C21H24N4O4S/c1-14(15-6-8-17(9-7-15)30(22,27)28)23-20(26)16-10-12-25(13-11-16)21-24-18-4-2-3-5-19(18)29-21/h2-9,14,16H,10-13H2,1H3,(H,23,26)(H2,22,27,28)/t14-/m1/s1. The fourth-order valence-electron chi connectivity index (χ4n) is 3.69. The van der Waals surface area contributed by atoms with Gasteiger partial charge in [-0.25, -0.2) is 13.6 Å². The molecule has 1 aliphatic heterocycles. The predicted molar refractivity (Wildman–Crippen MR) is 113 cm³/mol. The van der Waals surface area contributed by atoms with Crippen molar-refractivity contribution < 1.29 is 17.6 Å². The minimum absolute atomic E-state index is 0.00441. The van der Waals surface area contributed by atoms with E-state index in [0.717, 1.165) is 16.7 Å². The zero-order chi connectivity index (χ0) is 21.3. The summed E-state index contributed by atoms with van der Waals surface area (Å²) in [5, 5.41) is 8.15. The summed E-state index contributed by atoms with van der Waals surface area (Å²) in [7, 11) is -3.73. The Balaban J connectivity index is 1.33. The first-order valence-electron chi connectivity index (χ1n) is 9.85. The number of carbonyl (C=O) groups is 1. The number of oxazole rings is 1. The first kappa shape index (κ1) is 20.4. The molecule has 1 saturated heterocycles. The van der Waals surface area contributed by atoms with Crippen LogP contribution in [0.25, 0.3) is 11.1 Å². The Morgan fingerprint density at radius 1 is 1.17 bits per heavy atom. The van der Waals surface area contributed by atoms with Crippen LogP contribution in [-0.2, 0) is 14.8 Å². The lowest BCUT2D eigenvalue weighted by molar-refractivity contribution is -0.126. The molecule has 9 heteroatoms. The Labute approximate surface area is 175 Å². The van der Waals surface area contributed by atoms with Crippen LogP contribution in [0.1, 0.15) is 31.4 Å². The molecule has 4 rings (SSSR count). The molecular weight excluding hydrogens is 404 g/mol. The number of nitrogens with zero attached hydrogens (tertiary/aromatic N) is 2. The SMILES string of the molecule is C[C@@H](NC(=O)C1CCN(c2nc3ccccc3o2)CC1)c1ccc(S(N)(=O)=O)cc1. The van der Waals surface area contributed by atoms with Gasteiger partial charge >= 0.3 is 0 Å². The molecule has 1 amide bonds. The third-order valence-electron chi connectivity index (χ3n) is 5.49. The zero-order valence-electron chi connectivity index (χ0n) is 16.6. The number of piperidine rings is 1. The van der Waals surface area contributed by atoms with E-state index in [2.05, 4.69) is 15.2 Å². The van der Waals surface area contributed by atoms with E-state index in [1.807, 2.05) is 31.2 Å². The van der Waals surface area contributed by atoms with Crippen LogP contribution in [0.3, 0.4) is 0 Å². The second-order valence-corrected chi connectivity index (χ2v) is 9.13. The van der Waals surface area contributed by atoms with Crippen molar-refractivity contribution in [3.05, 3.63) is 54.1 Å². The van der Waals surface area contributed by atoms with E-state index in [4.69, 9.17) is 9.56 Å². The third kappa shape index (κ3) is 4.31. The first-order valence-corrected chi connectivity index (χ1v) is 11.4. The molecule has 0 unspecified atom stereocenters. The summed E-state index contributed by atoms with van der Waals surface area (Å²) < 4.78 is 28.6. The largest absolute Gasteiger partial charge is 0.423 e. The van der Waals surface area contributed by atoms with Gasteiger partial charge in [-0.15, -0.1) is 0 Å². The van der Waals surface area contributed by atoms with Crippen LogP contribution in [0.4, 0.5) is 6.01 Å². The molecule has 2 aromatic carbocycles. The number of aromatic nitrogens is 1. The van der Waals surface area contributed by atoms with Crippen molar-refractivity contribution in [3.63, 3.8) is 0 Å². The van der Waals surface area contributed by atoms with Crippen LogP contribution < -0.4 is 15.4 Å². The summed E-state index contributed by atoms with van der Waals surface area (Å²) in [6.07, 6.45) is 1.42. The van der Waals surface area contributed by atoms with Gasteiger partial charge in [0.2, 0.25) is 15.9 Å². The number of primary sulfonamides is 1. The number of sulfonamides is 1. The number of anilines is 1. The van der Waals surface area contributed by atoms with Crippen molar-refractivity contribution in [3.8, 4) is 0 Å². The van der Waals surface area contributed by atoms with Crippen molar-refractivity contribution in [1.82, 2.24) is 10.3 Å². The van der Waals surface area contributed by atoms with Gasteiger partial charge in [0.25, 0.3) is 6.01 Å². The van der Waals surface area contributed by atoms with Gasteiger partial charge in [0.1, 0.15) is 5.52 Å². The molecular formula is C21H24N4O4S. The summed E-state index contributed by atoms with van der Waals surface area (Å²) in [6.45, 7) is 3.27. The molecule has 1 aliphatic rings. The molecule has 1 fully saturated rings. The Morgan fingerprint density at radius 3 is 2.47 bits per heavy atom. The number of carbonyl (C=O) groups excluding carboxylic acids is 1. The Hall–Kier alpha value is -2.91. The van der Waals surface area contributed by atoms with Crippen molar-refractivity contribution in [1.29, 1.82) is 0 Å². The van der Waals surface area contributed by atoms with Gasteiger partial charge < -0.3 is 14.6 Å². The molecule has 1 atom stereocenters. The summed E-state index contributed by atoms with van der Waals surface area (Å²) in [4.78, 5) is 19.4. The number of nitrogens with one attached hydrogen (secondary N) is 1. The van der Waals surface area contributed by atoms with E-state index < -0.39 is 10.0 Å². The maximum atomic E-state index is 12.7. The molecule has 0 radical (unpaired) electrons. The maximum absolute atomic E-state index is 12.7. The van der Waals surface area contributed by atoms with Gasteiger partial charge in [-0.2, -0.15) is 4.98 Å². The van der Waals surface area contributed by atoms with E-state index in [9.17, 15) is 13.2 Å². The number of hydrogen-bond donors (Lipinski definition) is 2. The van der Waals surface area contributed by atoms with Crippen molar-refractivity contribution >= 4 is 33.0 Å². The number of benzene rings is 2. The summed E-state index contributed by atoms with van der Waals surface area (Å²) in [5.74, 6) is -0.0907. The Kier molecular flexibility index (Phi) is 5.48. The smallest absolute Gasteiger partial charge is 0.298 e. The molecule has 3 aromatic rings. The molecule has 1 aromatic heterocycles. The van der Waals surface area contributed by atoms with Crippen LogP contribution in [0.15, 0.2) is 57.8 Å². The zero-order valence-corrected chi connectivity index (χ0v) is 17.4. The van der Waals surface area contributed by atoms with Gasteiger partial charge in [0.05, 0.1) is 10.9 Å². The topological polar surface area (TPSA) is 119 Å². The number of fused-ring (bicyclic) bond motifs is 1. The van der Waals surface area contributed by atoms with Crippen LogP contribution in [0, 0.1) is 5.92 Å². The van der Waals surface area contributed by atoms with Gasteiger partial charge in [-0.3, -0.25) is 4.79 Å². The van der Waals surface area contributed by atoms with Crippen LogP contribution in [-0.4, -0.2) is 32.4 Å². The fraction of sp³-hybridized carbons (Fsp3) is 0.333. The molecule has 2 heterocycles. The number of hydrogen-bond acceptors (Lipinski definition) is 6. The lowest BCUT2D eigenvalue weighted by Crippen LogP contribution is -2.41. The quantitative estimate of drug-likeness (QED) is 0.645. The normalized spacial score (nSPS) is 16.5. The van der Waals surface area contributed by atoms with Gasteiger partial charge in [-0.1, -0.05) is 24.3 Å². The molecule has 158 valence electrons. The first-order chi connectivity index (χ1) is 14.3. The van der Waals surface area contributed by atoms with Crippen molar-refractivity contribution in [2.75, 3.05) is 18.0 Å². The third-order valence-corrected chi connectivity index (χ3v) is 6.42. The highest BCUT2D eigenvalue weighted by molar-refractivity contribution is 7.89. The van der Waals surface area contributed by atoms with Crippen molar-refractivity contribution in [2.45, 2.75) is 30.7 Å². The van der Waals surface area contributed by atoms with E-state index in [-0.39, 0.29) is 22.8 Å². The predicted octanol–water partition coefficient (Wildman–Crippen LogP) is 2.57. The monoisotopic (exact) mass is 428 g/mol. The van der Waals surface area contributed by atoms with E-state index in [0.29, 0.717) is 31.9 Å². The molecule has 8 nitrogen and oxygen atoms in total. The molecule has 3 N–H and O–H groups in total. The molecule has 0 aliphatic carbocycles. The molecule has 0 bridgehead atoms. The second kappa shape index (κ2) is 8.08. The maximum Gasteiger partial charge on any atom is 0.298 e. The average molecular weight is 429 g/mol. The van der Waals surface area contributed by atoms with Crippen LogP contribution >= 0.6 is 0 Å². The summed E-state index contributed by atoms with van der Waals surface area (Å²) in [5.41, 5.74) is 2.41. The van der Waals surface area contributed by atoms with E-state index >= 15 is 0 Å². The minimum Gasteiger partial charge on any atom is -0.423 e. The lowest BCUT2D eigenvalue weighted by Gasteiger charge is -2.30. The Morgan fingerprint density at radius 2 is 1.83 bits per heavy atom. The number of nitrogens with two attached hydrogens (primary N) is 1. The van der Waals surface area contributed by atoms with Crippen LogP contribution in [0.5, 0.6) is 0 Å². The van der Waals surface area contributed by atoms with E-state index in [1.165, 1.54) is 12.1 Å². The second-order valence-electron chi connectivity index (χ2n) is 7.57. The molecule has 0 saturated carbocycles. The summed E-state index contributed by atoms with van der Waals surface area (Å²) >= 11 is 0. The molecule has 0 spiro atoms. The molecule has 30 heavy (non-hydrogen) atoms. The highest BCUT2D eigenvalue weighted by Gasteiger charge is 2.28.